The standard InChI is InChI=1S/C12H14N2/c1-9-11-4-2-3-5-12(11)13-14(9)8-10-6-7-10/h2-5,10H,6-8H2,1H3. The van der Waals surface area contributed by atoms with Gasteiger partial charge in [0.2, 0.25) is 0 Å². The minimum atomic E-state index is 0.892. The second-order valence-corrected chi connectivity index (χ2v) is 4.23. The van der Waals surface area contributed by atoms with E-state index in [4.69, 9.17) is 0 Å². The number of benzene rings is 1. The molecule has 0 radical (unpaired) electrons. The van der Waals surface area contributed by atoms with Gasteiger partial charge in [-0.05, 0) is 31.7 Å². The molecule has 2 nitrogen and oxygen atoms in total. The Labute approximate surface area is 83.5 Å². The van der Waals surface area contributed by atoms with Crippen LogP contribution in [0.1, 0.15) is 18.5 Å². The van der Waals surface area contributed by atoms with E-state index < -0.39 is 0 Å². The van der Waals surface area contributed by atoms with Crippen LogP contribution in [0.3, 0.4) is 0 Å². The fourth-order valence-corrected chi connectivity index (χ4v) is 1.93. The molecule has 2 heteroatoms. The molecule has 0 amide bonds. The molecule has 0 saturated heterocycles. The first-order valence-corrected chi connectivity index (χ1v) is 5.27. The van der Waals surface area contributed by atoms with Gasteiger partial charge in [-0.3, -0.25) is 4.68 Å². The van der Waals surface area contributed by atoms with E-state index in [9.17, 15) is 0 Å². The molecule has 0 spiro atoms. The van der Waals surface area contributed by atoms with Crippen LogP contribution in [0.4, 0.5) is 0 Å². The lowest BCUT2D eigenvalue weighted by molar-refractivity contribution is 0.555. The fraction of sp³-hybridized carbons (Fsp3) is 0.417. The topological polar surface area (TPSA) is 17.8 Å². The van der Waals surface area contributed by atoms with Crippen molar-refractivity contribution in [3.8, 4) is 0 Å². The molecule has 2 aromatic rings. The Bertz CT molecular complexity index is 466. The maximum Gasteiger partial charge on any atom is 0.0926 e. The third-order valence-electron chi connectivity index (χ3n) is 3.04. The smallest absolute Gasteiger partial charge is 0.0926 e. The molecular formula is C12H14N2. The highest BCUT2D eigenvalue weighted by Crippen LogP contribution is 2.31. The molecule has 0 unspecified atom stereocenters. The predicted octanol–water partition coefficient (Wildman–Crippen LogP) is 2.75. The van der Waals surface area contributed by atoms with Gasteiger partial charge in [-0.2, -0.15) is 5.10 Å². The maximum absolute atomic E-state index is 4.61. The van der Waals surface area contributed by atoms with E-state index in [-0.39, 0.29) is 0 Å². The summed E-state index contributed by atoms with van der Waals surface area (Å²) in [5, 5.41) is 5.91. The van der Waals surface area contributed by atoms with E-state index in [2.05, 4.69) is 41.0 Å². The first kappa shape index (κ1) is 8.04. The SMILES string of the molecule is Cc1c2ccccc2nn1CC1CC1. The number of hydrogen-bond acceptors (Lipinski definition) is 1. The number of aryl methyl sites for hydroxylation is 1. The van der Waals surface area contributed by atoms with Crippen LogP contribution in [0.15, 0.2) is 24.3 Å². The summed E-state index contributed by atoms with van der Waals surface area (Å²) >= 11 is 0. The van der Waals surface area contributed by atoms with Crippen LogP contribution in [0.2, 0.25) is 0 Å². The van der Waals surface area contributed by atoms with E-state index in [1.165, 1.54) is 23.9 Å². The van der Waals surface area contributed by atoms with Gasteiger partial charge in [0, 0.05) is 17.6 Å². The van der Waals surface area contributed by atoms with Crippen LogP contribution >= 0.6 is 0 Å². The lowest BCUT2D eigenvalue weighted by Crippen LogP contribution is -2.03. The summed E-state index contributed by atoms with van der Waals surface area (Å²) in [6, 6.07) is 8.38. The molecule has 1 aliphatic rings. The number of aromatic nitrogens is 2. The third kappa shape index (κ3) is 1.22. The second-order valence-electron chi connectivity index (χ2n) is 4.23. The molecule has 72 valence electrons. The van der Waals surface area contributed by atoms with Crippen molar-refractivity contribution < 1.29 is 0 Å². The zero-order valence-electron chi connectivity index (χ0n) is 8.40. The second kappa shape index (κ2) is 2.84. The van der Waals surface area contributed by atoms with Gasteiger partial charge >= 0.3 is 0 Å². The Hall–Kier alpha value is -1.31. The van der Waals surface area contributed by atoms with Crippen molar-refractivity contribution in [3.05, 3.63) is 30.0 Å². The van der Waals surface area contributed by atoms with Gasteiger partial charge in [0.15, 0.2) is 0 Å². The highest BCUT2D eigenvalue weighted by molar-refractivity contribution is 5.81. The summed E-state index contributed by atoms with van der Waals surface area (Å²) in [5.41, 5.74) is 2.44. The zero-order valence-corrected chi connectivity index (χ0v) is 8.40. The molecular weight excluding hydrogens is 172 g/mol. The van der Waals surface area contributed by atoms with Crippen LogP contribution in [0.5, 0.6) is 0 Å². The summed E-state index contributed by atoms with van der Waals surface area (Å²) in [6.07, 6.45) is 2.77. The summed E-state index contributed by atoms with van der Waals surface area (Å²) in [4.78, 5) is 0. The van der Waals surface area contributed by atoms with Crippen molar-refractivity contribution in [3.63, 3.8) is 0 Å². The van der Waals surface area contributed by atoms with Crippen molar-refractivity contribution in [1.82, 2.24) is 9.78 Å². The summed E-state index contributed by atoms with van der Waals surface area (Å²) in [5.74, 6) is 0.892. The summed E-state index contributed by atoms with van der Waals surface area (Å²) in [7, 11) is 0. The monoisotopic (exact) mass is 186 g/mol. The van der Waals surface area contributed by atoms with Crippen molar-refractivity contribution in [2.45, 2.75) is 26.3 Å². The first-order chi connectivity index (χ1) is 6.84. The maximum atomic E-state index is 4.61. The molecule has 14 heavy (non-hydrogen) atoms. The van der Waals surface area contributed by atoms with Crippen molar-refractivity contribution in [2.24, 2.45) is 5.92 Å². The van der Waals surface area contributed by atoms with Gasteiger partial charge in [0.1, 0.15) is 0 Å². The number of rotatable bonds is 2. The molecule has 0 atom stereocenters. The zero-order chi connectivity index (χ0) is 9.54. The van der Waals surface area contributed by atoms with Crippen molar-refractivity contribution in [2.75, 3.05) is 0 Å². The molecule has 3 rings (SSSR count). The average Bonchev–Trinajstić information content (AvgIpc) is 2.95. The van der Waals surface area contributed by atoms with Gasteiger partial charge in [-0.25, -0.2) is 0 Å². The molecule has 0 N–H and O–H groups in total. The van der Waals surface area contributed by atoms with Crippen molar-refractivity contribution in [1.29, 1.82) is 0 Å². The largest absolute Gasteiger partial charge is 0.268 e. The lowest BCUT2D eigenvalue weighted by Gasteiger charge is -2.00. The predicted molar refractivity (Wildman–Crippen MR) is 57.2 cm³/mol. The summed E-state index contributed by atoms with van der Waals surface area (Å²) < 4.78 is 2.17. The van der Waals surface area contributed by atoms with Gasteiger partial charge in [-0.15, -0.1) is 0 Å². The lowest BCUT2D eigenvalue weighted by atomic mass is 10.2. The molecule has 1 fully saturated rings. The summed E-state index contributed by atoms with van der Waals surface area (Å²) in [6.45, 7) is 3.28. The Balaban J connectivity index is 2.09. The first-order valence-electron chi connectivity index (χ1n) is 5.27. The normalized spacial score (nSPS) is 16.4. The van der Waals surface area contributed by atoms with Crippen LogP contribution in [0, 0.1) is 12.8 Å². The van der Waals surface area contributed by atoms with E-state index in [0.29, 0.717) is 0 Å². The highest BCUT2D eigenvalue weighted by atomic mass is 15.3. The molecule has 1 heterocycles. The third-order valence-corrected chi connectivity index (χ3v) is 3.04. The molecule has 0 aliphatic heterocycles. The van der Waals surface area contributed by atoms with Crippen LogP contribution in [-0.4, -0.2) is 9.78 Å². The highest BCUT2D eigenvalue weighted by Gasteiger charge is 2.23. The number of nitrogens with zero attached hydrogens (tertiary/aromatic N) is 2. The minimum Gasteiger partial charge on any atom is -0.268 e. The van der Waals surface area contributed by atoms with Gasteiger partial charge in [0.05, 0.1) is 5.52 Å². The van der Waals surface area contributed by atoms with Crippen LogP contribution < -0.4 is 0 Å². The Morgan fingerprint density at radius 3 is 2.86 bits per heavy atom. The Morgan fingerprint density at radius 1 is 1.36 bits per heavy atom. The van der Waals surface area contributed by atoms with E-state index >= 15 is 0 Å². The van der Waals surface area contributed by atoms with Gasteiger partial charge < -0.3 is 0 Å². The van der Waals surface area contributed by atoms with Gasteiger partial charge in [0.25, 0.3) is 0 Å². The number of fused-ring (bicyclic) bond motifs is 1. The quantitative estimate of drug-likeness (QED) is 0.705. The van der Waals surface area contributed by atoms with E-state index in [0.717, 1.165) is 18.0 Å². The molecule has 1 aliphatic carbocycles. The fourth-order valence-electron chi connectivity index (χ4n) is 1.93. The minimum absolute atomic E-state index is 0.892. The Morgan fingerprint density at radius 2 is 2.14 bits per heavy atom. The number of hydrogen-bond donors (Lipinski definition) is 0. The molecule has 1 aromatic heterocycles. The average molecular weight is 186 g/mol. The van der Waals surface area contributed by atoms with E-state index in [1.54, 1.807) is 0 Å². The molecule has 1 saturated carbocycles. The van der Waals surface area contributed by atoms with Gasteiger partial charge in [-0.1, -0.05) is 18.2 Å². The molecule has 1 aromatic carbocycles. The van der Waals surface area contributed by atoms with Crippen LogP contribution in [-0.2, 0) is 6.54 Å². The Kier molecular flexibility index (Phi) is 1.63. The van der Waals surface area contributed by atoms with Crippen molar-refractivity contribution >= 4 is 10.9 Å². The van der Waals surface area contributed by atoms with Crippen LogP contribution in [0.25, 0.3) is 10.9 Å². The van der Waals surface area contributed by atoms with E-state index in [1.807, 2.05) is 0 Å². The molecule has 0 bridgehead atoms.